The Hall–Kier alpha value is -1.74. The Balaban J connectivity index is 2.16. The van der Waals surface area contributed by atoms with Crippen molar-refractivity contribution >= 4 is 0 Å². The minimum atomic E-state index is 0.311. The van der Waals surface area contributed by atoms with Crippen molar-refractivity contribution in [2.75, 3.05) is 6.54 Å². The second kappa shape index (κ2) is 7.00. The molecule has 0 fully saturated rings. The van der Waals surface area contributed by atoms with Gasteiger partial charge >= 0.3 is 0 Å². The highest BCUT2D eigenvalue weighted by Crippen LogP contribution is 2.17. The van der Waals surface area contributed by atoms with E-state index in [9.17, 15) is 0 Å². The van der Waals surface area contributed by atoms with Crippen LogP contribution in [0.5, 0.6) is 0 Å². The van der Waals surface area contributed by atoms with Crippen molar-refractivity contribution in [1.29, 1.82) is 0 Å². The van der Waals surface area contributed by atoms with Crippen LogP contribution in [-0.2, 0) is 12.8 Å². The number of hydrogen-bond acceptors (Lipinski definition) is 3. The average Bonchev–Trinajstić information content (AvgIpc) is 2.48. The molecule has 2 rings (SSSR count). The lowest BCUT2D eigenvalue weighted by Gasteiger charge is -2.18. The summed E-state index contributed by atoms with van der Waals surface area (Å²) in [6.45, 7) is 5.20. The summed E-state index contributed by atoms with van der Waals surface area (Å²) < 4.78 is 0. The lowest BCUT2D eigenvalue weighted by atomic mass is 10.0. The zero-order valence-electron chi connectivity index (χ0n) is 11.6. The molecule has 1 unspecified atom stereocenters. The van der Waals surface area contributed by atoms with Gasteiger partial charge in [-0.2, -0.15) is 0 Å². The molecule has 0 spiro atoms. The molecule has 2 aromatic rings. The Bertz CT molecular complexity index is 496. The highest BCUT2D eigenvalue weighted by molar-refractivity contribution is 5.21. The maximum atomic E-state index is 4.38. The average molecular weight is 255 g/mol. The van der Waals surface area contributed by atoms with Crippen LogP contribution >= 0.6 is 0 Å². The molecule has 0 aliphatic heterocycles. The molecule has 1 atom stereocenters. The van der Waals surface area contributed by atoms with Crippen molar-refractivity contribution in [1.82, 2.24) is 15.3 Å². The third-order valence-electron chi connectivity index (χ3n) is 3.21. The molecule has 100 valence electrons. The van der Waals surface area contributed by atoms with E-state index in [0.29, 0.717) is 6.04 Å². The molecule has 0 radical (unpaired) electrons. The minimum absolute atomic E-state index is 0.311. The summed E-state index contributed by atoms with van der Waals surface area (Å²) in [4.78, 5) is 8.64. The molecule has 0 aliphatic rings. The lowest BCUT2D eigenvalue weighted by Crippen LogP contribution is -2.23. The number of nitrogens with zero attached hydrogens (tertiary/aromatic N) is 2. The van der Waals surface area contributed by atoms with E-state index in [2.05, 4.69) is 59.5 Å². The molecule has 1 aromatic heterocycles. The Labute approximate surface area is 115 Å². The molecule has 0 bridgehead atoms. The zero-order valence-corrected chi connectivity index (χ0v) is 11.6. The van der Waals surface area contributed by atoms with Crippen molar-refractivity contribution in [3.8, 4) is 0 Å². The van der Waals surface area contributed by atoms with E-state index in [0.717, 1.165) is 30.8 Å². The van der Waals surface area contributed by atoms with Crippen molar-refractivity contribution in [2.45, 2.75) is 32.7 Å². The maximum absolute atomic E-state index is 4.38. The molecule has 1 N–H and O–H groups in total. The maximum Gasteiger partial charge on any atom is 0.115 e. The number of hydrogen-bond donors (Lipinski definition) is 1. The quantitative estimate of drug-likeness (QED) is 0.862. The molecule has 0 saturated heterocycles. The summed E-state index contributed by atoms with van der Waals surface area (Å²) in [5.41, 5.74) is 3.51. The molecular formula is C16H21N3. The van der Waals surface area contributed by atoms with Gasteiger partial charge in [0.1, 0.15) is 6.33 Å². The lowest BCUT2D eigenvalue weighted by molar-refractivity contribution is 0.543. The standard InChI is InChI=1S/C16H21N3/c1-3-14-10-15(19-12-18-14)11-16(17-4-2)13-8-6-5-7-9-13/h5-10,12,16-17H,3-4,11H2,1-2H3. The van der Waals surface area contributed by atoms with Gasteiger partial charge in [0.15, 0.2) is 0 Å². The summed E-state index contributed by atoms with van der Waals surface area (Å²) in [7, 11) is 0. The third-order valence-corrected chi connectivity index (χ3v) is 3.21. The van der Waals surface area contributed by atoms with E-state index in [1.165, 1.54) is 5.56 Å². The van der Waals surface area contributed by atoms with Crippen LogP contribution in [0.4, 0.5) is 0 Å². The van der Waals surface area contributed by atoms with Crippen molar-refractivity contribution in [3.63, 3.8) is 0 Å². The Morgan fingerprint density at radius 2 is 1.79 bits per heavy atom. The van der Waals surface area contributed by atoms with Gasteiger partial charge in [0.25, 0.3) is 0 Å². The summed E-state index contributed by atoms with van der Waals surface area (Å²) in [6.07, 6.45) is 3.52. The number of aryl methyl sites for hydroxylation is 1. The number of aromatic nitrogens is 2. The van der Waals surface area contributed by atoms with E-state index in [1.807, 2.05) is 6.07 Å². The fraction of sp³-hybridized carbons (Fsp3) is 0.375. The third kappa shape index (κ3) is 3.86. The number of nitrogens with one attached hydrogen (secondary N) is 1. The molecule has 1 heterocycles. The first kappa shape index (κ1) is 13.7. The minimum Gasteiger partial charge on any atom is -0.310 e. The van der Waals surface area contributed by atoms with Crippen LogP contribution in [-0.4, -0.2) is 16.5 Å². The fourth-order valence-corrected chi connectivity index (χ4v) is 2.20. The summed E-state index contributed by atoms with van der Waals surface area (Å²) in [5.74, 6) is 0. The normalized spacial score (nSPS) is 12.3. The van der Waals surface area contributed by atoms with E-state index in [4.69, 9.17) is 0 Å². The number of benzene rings is 1. The predicted octanol–water partition coefficient (Wildman–Crippen LogP) is 2.93. The summed E-state index contributed by atoms with van der Waals surface area (Å²) in [5, 5.41) is 3.52. The molecule has 3 nitrogen and oxygen atoms in total. The van der Waals surface area contributed by atoms with Crippen molar-refractivity contribution in [3.05, 3.63) is 59.7 Å². The predicted molar refractivity (Wildman–Crippen MR) is 78.0 cm³/mol. The second-order valence-corrected chi connectivity index (χ2v) is 4.58. The topological polar surface area (TPSA) is 37.8 Å². The van der Waals surface area contributed by atoms with E-state index < -0.39 is 0 Å². The molecule has 0 aliphatic carbocycles. The van der Waals surface area contributed by atoms with Gasteiger partial charge in [-0.15, -0.1) is 0 Å². The van der Waals surface area contributed by atoms with Gasteiger partial charge in [-0.1, -0.05) is 44.2 Å². The van der Waals surface area contributed by atoms with Crippen LogP contribution < -0.4 is 5.32 Å². The fourth-order valence-electron chi connectivity index (χ4n) is 2.20. The summed E-state index contributed by atoms with van der Waals surface area (Å²) in [6, 6.07) is 12.9. The Morgan fingerprint density at radius 1 is 1.05 bits per heavy atom. The van der Waals surface area contributed by atoms with Crippen molar-refractivity contribution < 1.29 is 0 Å². The number of likely N-dealkylation sites (N-methyl/N-ethyl adjacent to an activating group) is 1. The molecule has 0 amide bonds. The first-order valence-electron chi connectivity index (χ1n) is 6.91. The van der Waals surface area contributed by atoms with Crippen molar-refractivity contribution in [2.24, 2.45) is 0 Å². The van der Waals surface area contributed by atoms with Gasteiger partial charge in [-0.05, 0) is 24.6 Å². The second-order valence-electron chi connectivity index (χ2n) is 4.58. The van der Waals surface area contributed by atoms with Gasteiger partial charge in [-0.3, -0.25) is 0 Å². The van der Waals surface area contributed by atoms with Gasteiger partial charge < -0.3 is 5.32 Å². The molecule has 19 heavy (non-hydrogen) atoms. The number of rotatable bonds is 6. The summed E-state index contributed by atoms with van der Waals surface area (Å²) >= 11 is 0. The molecular weight excluding hydrogens is 234 g/mol. The van der Waals surface area contributed by atoms with Gasteiger partial charge in [0.2, 0.25) is 0 Å². The molecule has 0 saturated carbocycles. The van der Waals surface area contributed by atoms with Crippen LogP contribution in [0.25, 0.3) is 0 Å². The van der Waals surface area contributed by atoms with Gasteiger partial charge in [-0.25, -0.2) is 9.97 Å². The molecule has 3 heteroatoms. The first-order chi connectivity index (χ1) is 9.33. The van der Waals surface area contributed by atoms with Crippen LogP contribution in [0, 0.1) is 0 Å². The van der Waals surface area contributed by atoms with Crippen LogP contribution in [0.1, 0.15) is 36.8 Å². The van der Waals surface area contributed by atoms with E-state index in [-0.39, 0.29) is 0 Å². The zero-order chi connectivity index (χ0) is 13.5. The smallest absolute Gasteiger partial charge is 0.115 e. The van der Waals surface area contributed by atoms with Gasteiger partial charge in [0.05, 0.1) is 0 Å². The van der Waals surface area contributed by atoms with E-state index in [1.54, 1.807) is 6.33 Å². The SMILES string of the molecule is CCNC(Cc1cc(CC)ncn1)c1ccccc1. The highest BCUT2D eigenvalue weighted by atomic mass is 14.9. The largest absolute Gasteiger partial charge is 0.310 e. The first-order valence-corrected chi connectivity index (χ1v) is 6.91. The van der Waals surface area contributed by atoms with Crippen LogP contribution in [0.15, 0.2) is 42.7 Å². The van der Waals surface area contributed by atoms with Gasteiger partial charge in [0, 0.05) is 23.9 Å². The van der Waals surface area contributed by atoms with Crippen LogP contribution in [0.2, 0.25) is 0 Å². The Kier molecular flexibility index (Phi) is 5.04. The van der Waals surface area contributed by atoms with E-state index >= 15 is 0 Å². The monoisotopic (exact) mass is 255 g/mol. The molecule has 1 aromatic carbocycles. The Morgan fingerprint density at radius 3 is 2.47 bits per heavy atom. The van der Waals surface area contributed by atoms with Crippen LogP contribution in [0.3, 0.4) is 0 Å². The highest BCUT2D eigenvalue weighted by Gasteiger charge is 2.11.